The van der Waals surface area contributed by atoms with Gasteiger partial charge in [-0.2, -0.15) is 5.26 Å². The standard InChI is InChI=1S/C25H22N4O3S/c1-31-20-6-4-7-21(15-20)32-12-5-11-29-17-19(22-8-2-3-9-23(22)29)14-18(16-26)24(30)28-25-27-10-13-33-25/h2-4,6-10,13-15,17H,5,11-12H2,1H3,(H,27,28,30)/b18-14-. The third kappa shape index (κ3) is 5.40. The van der Waals surface area contributed by atoms with Gasteiger partial charge in [0.25, 0.3) is 5.91 Å². The highest BCUT2D eigenvalue weighted by Gasteiger charge is 2.13. The third-order valence-electron chi connectivity index (χ3n) is 4.99. The number of nitrogens with one attached hydrogen (secondary N) is 1. The molecule has 8 heteroatoms. The maximum absolute atomic E-state index is 12.5. The fourth-order valence-electron chi connectivity index (χ4n) is 3.44. The number of rotatable bonds is 9. The number of hydrogen-bond donors (Lipinski definition) is 1. The highest BCUT2D eigenvalue weighted by molar-refractivity contribution is 7.13. The molecule has 0 radical (unpaired) electrons. The quantitative estimate of drug-likeness (QED) is 0.214. The van der Waals surface area contributed by atoms with E-state index in [-0.39, 0.29) is 5.57 Å². The molecule has 0 unspecified atom stereocenters. The number of methoxy groups -OCH3 is 1. The first-order valence-corrected chi connectivity index (χ1v) is 11.2. The number of thiazole rings is 1. The van der Waals surface area contributed by atoms with Crippen LogP contribution in [0.2, 0.25) is 0 Å². The smallest absolute Gasteiger partial charge is 0.268 e. The van der Waals surface area contributed by atoms with Crippen LogP contribution in [0.5, 0.6) is 11.5 Å². The number of para-hydroxylation sites is 1. The average Bonchev–Trinajstić information content (AvgIpc) is 3.48. The minimum Gasteiger partial charge on any atom is -0.497 e. The van der Waals surface area contributed by atoms with Crippen molar-refractivity contribution in [1.82, 2.24) is 9.55 Å². The Balaban J connectivity index is 1.48. The largest absolute Gasteiger partial charge is 0.497 e. The zero-order chi connectivity index (χ0) is 23.0. The molecule has 0 aliphatic carbocycles. The molecule has 2 aromatic carbocycles. The van der Waals surface area contributed by atoms with Crippen LogP contribution in [0.25, 0.3) is 17.0 Å². The van der Waals surface area contributed by atoms with E-state index in [2.05, 4.69) is 14.9 Å². The van der Waals surface area contributed by atoms with Crippen molar-refractivity contribution in [2.75, 3.05) is 19.0 Å². The van der Waals surface area contributed by atoms with Gasteiger partial charge in [0.15, 0.2) is 5.13 Å². The maximum atomic E-state index is 12.5. The number of aromatic nitrogens is 2. The van der Waals surface area contributed by atoms with Crippen LogP contribution in [0.4, 0.5) is 5.13 Å². The summed E-state index contributed by atoms with van der Waals surface area (Å²) in [5.74, 6) is 1.05. The van der Waals surface area contributed by atoms with Crippen molar-refractivity contribution in [3.63, 3.8) is 0 Å². The third-order valence-corrected chi connectivity index (χ3v) is 5.68. The Bertz CT molecular complexity index is 1320. The number of fused-ring (bicyclic) bond motifs is 1. The van der Waals surface area contributed by atoms with Crippen molar-refractivity contribution >= 4 is 39.4 Å². The van der Waals surface area contributed by atoms with Crippen molar-refractivity contribution < 1.29 is 14.3 Å². The van der Waals surface area contributed by atoms with Crippen molar-refractivity contribution in [2.24, 2.45) is 0 Å². The lowest BCUT2D eigenvalue weighted by atomic mass is 10.1. The fraction of sp³-hybridized carbons (Fsp3) is 0.160. The zero-order valence-corrected chi connectivity index (χ0v) is 18.8. The van der Waals surface area contributed by atoms with Gasteiger partial charge in [0.2, 0.25) is 0 Å². The van der Waals surface area contributed by atoms with E-state index in [1.807, 2.05) is 60.8 Å². The number of benzene rings is 2. The fourth-order valence-corrected chi connectivity index (χ4v) is 3.97. The molecular formula is C25H22N4O3S. The molecule has 0 fully saturated rings. The summed E-state index contributed by atoms with van der Waals surface area (Å²) in [4.78, 5) is 16.5. The molecule has 0 spiro atoms. The molecule has 0 atom stereocenters. The first-order chi connectivity index (χ1) is 16.2. The van der Waals surface area contributed by atoms with E-state index in [1.165, 1.54) is 11.3 Å². The van der Waals surface area contributed by atoms with Crippen LogP contribution in [0.3, 0.4) is 0 Å². The lowest BCUT2D eigenvalue weighted by Crippen LogP contribution is -2.13. The van der Waals surface area contributed by atoms with Crippen LogP contribution in [0.1, 0.15) is 12.0 Å². The second-order valence-electron chi connectivity index (χ2n) is 7.14. The first-order valence-electron chi connectivity index (χ1n) is 10.4. The predicted molar refractivity (Wildman–Crippen MR) is 129 cm³/mol. The van der Waals surface area contributed by atoms with Gasteiger partial charge in [0, 0.05) is 46.9 Å². The van der Waals surface area contributed by atoms with Gasteiger partial charge in [0.1, 0.15) is 23.1 Å². The van der Waals surface area contributed by atoms with Crippen molar-refractivity contribution in [3.8, 4) is 17.6 Å². The normalized spacial score (nSPS) is 11.2. The summed E-state index contributed by atoms with van der Waals surface area (Å²) in [6.07, 6.45) is 5.97. The van der Waals surface area contributed by atoms with Crippen LogP contribution >= 0.6 is 11.3 Å². The second kappa shape index (κ2) is 10.5. The summed E-state index contributed by atoms with van der Waals surface area (Å²) >= 11 is 1.30. The molecule has 7 nitrogen and oxygen atoms in total. The Morgan fingerprint density at radius 3 is 2.88 bits per heavy atom. The molecule has 2 heterocycles. The number of carbonyl (C=O) groups is 1. The Labute approximate surface area is 195 Å². The van der Waals surface area contributed by atoms with Gasteiger partial charge < -0.3 is 14.0 Å². The molecule has 0 saturated heterocycles. The molecule has 1 N–H and O–H groups in total. The van der Waals surface area contributed by atoms with E-state index < -0.39 is 5.91 Å². The lowest BCUT2D eigenvalue weighted by Gasteiger charge is -2.09. The number of ether oxygens (including phenoxy) is 2. The van der Waals surface area contributed by atoms with E-state index in [0.29, 0.717) is 11.7 Å². The van der Waals surface area contributed by atoms with Gasteiger partial charge >= 0.3 is 0 Å². The molecule has 0 aliphatic rings. The van der Waals surface area contributed by atoms with Gasteiger partial charge in [-0.25, -0.2) is 4.98 Å². The zero-order valence-electron chi connectivity index (χ0n) is 18.0. The molecule has 2 aromatic heterocycles. The summed E-state index contributed by atoms with van der Waals surface area (Å²) in [5.41, 5.74) is 1.86. The summed E-state index contributed by atoms with van der Waals surface area (Å²) < 4.78 is 13.2. The first kappa shape index (κ1) is 22.1. The Kier molecular flexibility index (Phi) is 7.03. The number of aryl methyl sites for hydroxylation is 1. The van der Waals surface area contributed by atoms with Crippen LogP contribution in [-0.4, -0.2) is 29.2 Å². The van der Waals surface area contributed by atoms with Crippen molar-refractivity contribution in [3.05, 3.63) is 77.4 Å². The SMILES string of the molecule is COc1cccc(OCCCn2cc(/C=C(/C#N)C(=O)Nc3nccs3)c3ccccc32)c1. The summed E-state index contributed by atoms with van der Waals surface area (Å²) in [6.45, 7) is 1.27. The van der Waals surface area contributed by atoms with Crippen molar-refractivity contribution in [1.29, 1.82) is 5.26 Å². The molecule has 0 aliphatic heterocycles. The summed E-state index contributed by atoms with van der Waals surface area (Å²) in [6, 6.07) is 17.4. The number of anilines is 1. The minimum absolute atomic E-state index is 0.0226. The van der Waals surface area contributed by atoms with E-state index in [0.717, 1.165) is 40.9 Å². The highest BCUT2D eigenvalue weighted by Crippen LogP contribution is 2.25. The predicted octanol–water partition coefficient (Wildman–Crippen LogP) is 5.12. The molecule has 33 heavy (non-hydrogen) atoms. The number of carbonyl (C=O) groups excluding carboxylic acids is 1. The van der Waals surface area contributed by atoms with E-state index in [1.54, 1.807) is 24.8 Å². The second-order valence-corrected chi connectivity index (χ2v) is 8.03. The molecule has 4 rings (SSSR count). The molecule has 0 bridgehead atoms. The lowest BCUT2D eigenvalue weighted by molar-refractivity contribution is -0.112. The minimum atomic E-state index is -0.476. The van der Waals surface area contributed by atoms with Crippen LogP contribution in [0, 0.1) is 11.3 Å². The van der Waals surface area contributed by atoms with Gasteiger partial charge in [0.05, 0.1) is 13.7 Å². The van der Waals surface area contributed by atoms with Gasteiger partial charge in [-0.1, -0.05) is 24.3 Å². The van der Waals surface area contributed by atoms with Gasteiger partial charge in [-0.15, -0.1) is 11.3 Å². The van der Waals surface area contributed by atoms with E-state index >= 15 is 0 Å². The Hall–Kier alpha value is -4.09. The topological polar surface area (TPSA) is 89.2 Å². The van der Waals surface area contributed by atoms with Crippen LogP contribution in [0.15, 0.2) is 71.9 Å². The molecule has 4 aromatic rings. The monoisotopic (exact) mass is 458 g/mol. The van der Waals surface area contributed by atoms with Gasteiger partial charge in [-0.3, -0.25) is 10.1 Å². The molecule has 0 saturated carbocycles. The summed E-state index contributed by atoms with van der Waals surface area (Å²) in [5, 5.41) is 15.4. The summed E-state index contributed by atoms with van der Waals surface area (Å²) in [7, 11) is 1.63. The number of amides is 1. The molecule has 166 valence electrons. The highest BCUT2D eigenvalue weighted by atomic mass is 32.1. The average molecular weight is 459 g/mol. The van der Waals surface area contributed by atoms with Crippen LogP contribution in [-0.2, 0) is 11.3 Å². The number of nitriles is 1. The number of hydrogen-bond acceptors (Lipinski definition) is 6. The van der Waals surface area contributed by atoms with Crippen LogP contribution < -0.4 is 14.8 Å². The Morgan fingerprint density at radius 1 is 1.24 bits per heavy atom. The molecule has 1 amide bonds. The van der Waals surface area contributed by atoms with E-state index in [4.69, 9.17) is 9.47 Å². The van der Waals surface area contributed by atoms with E-state index in [9.17, 15) is 10.1 Å². The maximum Gasteiger partial charge on any atom is 0.268 e. The Morgan fingerprint density at radius 2 is 2.09 bits per heavy atom. The van der Waals surface area contributed by atoms with Crippen molar-refractivity contribution in [2.45, 2.75) is 13.0 Å². The molecular weight excluding hydrogens is 436 g/mol. The van der Waals surface area contributed by atoms with Gasteiger partial charge in [-0.05, 0) is 30.7 Å². The number of nitrogens with zero attached hydrogens (tertiary/aromatic N) is 3.